The maximum absolute atomic E-state index is 12.0. The summed E-state index contributed by atoms with van der Waals surface area (Å²) in [5, 5.41) is 12.6. The van der Waals surface area contributed by atoms with Crippen molar-refractivity contribution in [1.29, 1.82) is 0 Å². The molecule has 2 atom stereocenters. The molecule has 0 aliphatic carbocycles. The number of aromatic hydroxyl groups is 1. The van der Waals surface area contributed by atoms with E-state index in [4.69, 9.17) is 4.74 Å². The van der Waals surface area contributed by atoms with Gasteiger partial charge in [0.25, 0.3) is 5.91 Å². The molecule has 1 aromatic rings. The van der Waals surface area contributed by atoms with Crippen molar-refractivity contribution in [2.45, 2.75) is 19.4 Å². The van der Waals surface area contributed by atoms with E-state index in [1.807, 2.05) is 6.92 Å². The predicted molar refractivity (Wildman–Crippen MR) is 71.7 cm³/mol. The third-order valence-corrected chi connectivity index (χ3v) is 3.73. The van der Waals surface area contributed by atoms with Gasteiger partial charge in [-0.05, 0) is 31.5 Å². The van der Waals surface area contributed by atoms with E-state index in [1.54, 1.807) is 12.1 Å². The Morgan fingerprint density at radius 3 is 3.00 bits per heavy atom. The number of phenolic OH excluding ortho intramolecular Hbond substituents is 1. The first-order chi connectivity index (χ1) is 8.58. The average molecular weight is 314 g/mol. The van der Waals surface area contributed by atoms with E-state index in [0.29, 0.717) is 18.1 Å². The second-order valence-electron chi connectivity index (χ2n) is 4.55. The Bertz CT molecular complexity index is 444. The van der Waals surface area contributed by atoms with Gasteiger partial charge in [0.2, 0.25) is 0 Å². The van der Waals surface area contributed by atoms with Crippen LogP contribution >= 0.6 is 15.9 Å². The van der Waals surface area contributed by atoms with Gasteiger partial charge in [0.05, 0.1) is 12.2 Å². The molecule has 5 heteroatoms. The van der Waals surface area contributed by atoms with Gasteiger partial charge in [-0.15, -0.1) is 0 Å². The van der Waals surface area contributed by atoms with Crippen LogP contribution in [0.3, 0.4) is 0 Å². The standard InChI is InChI=1S/C13H16BrNO3/c1-8(9-4-5-18-7-9)15-13(17)11-3-2-10(14)6-12(11)16/h2-3,6,8-9,16H,4-5,7H2,1H3,(H,15,17). The highest BCUT2D eigenvalue weighted by atomic mass is 79.9. The number of nitrogens with one attached hydrogen (secondary N) is 1. The monoisotopic (exact) mass is 313 g/mol. The van der Waals surface area contributed by atoms with Gasteiger partial charge in [0.1, 0.15) is 5.75 Å². The van der Waals surface area contributed by atoms with Crippen molar-refractivity contribution in [3.8, 4) is 5.75 Å². The number of rotatable bonds is 3. The van der Waals surface area contributed by atoms with Gasteiger partial charge in [-0.2, -0.15) is 0 Å². The third kappa shape index (κ3) is 3.03. The van der Waals surface area contributed by atoms with Gasteiger partial charge >= 0.3 is 0 Å². The van der Waals surface area contributed by atoms with Crippen LogP contribution in [0.5, 0.6) is 5.75 Å². The minimum atomic E-state index is -0.251. The lowest BCUT2D eigenvalue weighted by Gasteiger charge is -2.19. The quantitative estimate of drug-likeness (QED) is 0.900. The molecule has 0 bridgehead atoms. The van der Waals surface area contributed by atoms with E-state index < -0.39 is 0 Å². The van der Waals surface area contributed by atoms with Crippen LogP contribution in [0.1, 0.15) is 23.7 Å². The lowest BCUT2D eigenvalue weighted by molar-refractivity contribution is 0.0919. The molecule has 2 unspecified atom stereocenters. The number of ether oxygens (including phenoxy) is 1. The molecule has 18 heavy (non-hydrogen) atoms. The fraction of sp³-hybridized carbons (Fsp3) is 0.462. The molecule has 1 aliphatic heterocycles. The molecular formula is C13H16BrNO3. The fourth-order valence-corrected chi connectivity index (χ4v) is 2.40. The molecule has 2 rings (SSSR count). The van der Waals surface area contributed by atoms with E-state index in [9.17, 15) is 9.90 Å². The van der Waals surface area contributed by atoms with Crippen LogP contribution in [0.15, 0.2) is 22.7 Å². The topological polar surface area (TPSA) is 58.6 Å². The number of amides is 1. The van der Waals surface area contributed by atoms with Crippen molar-refractivity contribution in [1.82, 2.24) is 5.32 Å². The Hall–Kier alpha value is -1.07. The van der Waals surface area contributed by atoms with E-state index in [-0.39, 0.29) is 17.7 Å². The highest BCUT2D eigenvalue weighted by molar-refractivity contribution is 9.10. The van der Waals surface area contributed by atoms with Crippen LogP contribution < -0.4 is 5.32 Å². The maximum atomic E-state index is 12.0. The molecular weight excluding hydrogens is 298 g/mol. The lowest BCUT2D eigenvalue weighted by Crippen LogP contribution is -2.38. The molecule has 4 nitrogen and oxygen atoms in total. The summed E-state index contributed by atoms with van der Waals surface area (Å²) in [6.45, 7) is 3.41. The minimum Gasteiger partial charge on any atom is -0.507 e. The maximum Gasteiger partial charge on any atom is 0.255 e. The second kappa shape index (κ2) is 5.71. The Labute approximate surface area is 114 Å². The van der Waals surface area contributed by atoms with Crippen LogP contribution in [0.2, 0.25) is 0 Å². The van der Waals surface area contributed by atoms with Gasteiger partial charge in [-0.25, -0.2) is 0 Å². The number of halogens is 1. The second-order valence-corrected chi connectivity index (χ2v) is 5.46. The van der Waals surface area contributed by atoms with E-state index in [2.05, 4.69) is 21.2 Å². The zero-order chi connectivity index (χ0) is 13.1. The molecule has 98 valence electrons. The lowest BCUT2D eigenvalue weighted by atomic mass is 10.0. The van der Waals surface area contributed by atoms with Gasteiger partial charge in [0, 0.05) is 23.0 Å². The summed E-state index contributed by atoms with van der Waals surface area (Å²) in [5.74, 6) is 0.0858. The molecule has 0 spiro atoms. The van der Waals surface area contributed by atoms with Crippen molar-refractivity contribution >= 4 is 21.8 Å². The molecule has 0 radical (unpaired) electrons. The molecule has 1 aromatic carbocycles. The van der Waals surface area contributed by atoms with Crippen molar-refractivity contribution in [2.24, 2.45) is 5.92 Å². The third-order valence-electron chi connectivity index (χ3n) is 3.24. The number of benzene rings is 1. The normalized spacial score (nSPS) is 20.7. The Morgan fingerprint density at radius 2 is 2.39 bits per heavy atom. The number of carbonyl (C=O) groups is 1. The summed E-state index contributed by atoms with van der Waals surface area (Å²) < 4.78 is 6.04. The van der Waals surface area contributed by atoms with Gasteiger partial charge in [-0.1, -0.05) is 15.9 Å². The van der Waals surface area contributed by atoms with Crippen molar-refractivity contribution < 1.29 is 14.6 Å². The Morgan fingerprint density at radius 1 is 1.61 bits per heavy atom. The van der Waals surface area contributed by atoms with Crippen molar-refractivity contribution in [2.75, 3.05) is 13.2 Å². The molecule has 1 amide bonds. The number of carbonyl (C=O) groups excluding carboxylic acids is 1. The van der Waals surface area contributed by atoms with Gasteiger partial charge in [-0.3, -0.25) is 4.79 Å². The van der Waals surface area contributed by atoms with Crippen LogP contribution in [0.4, 0.5) is 0 Å². The first-order valence-electron chi connectivity index (χ1n) is 5.95. The van der Waals surface area contributed by atoms with Crippen LogP contribution in [0.25, 0.3) is 0 Å². The molecule has 2 N–H and O–H groups in total. The molecule has 1 fully saturated rings. The first kappa shape index (κ1) is 13.4. The zero-order valence-electron chi connectivity index (χ0n) is 10.1. The SMILES string of the molecule is CC(NC(=O)c1ccc(Br)cc1O)C1CCOC1. The molecule has 1 saturated heterocycles. The highest BCUT2D eigenvalue weighted by Crippen LogP contribution is 2.23. The Kier molecular flexibility index (Phi) is 4.24. The van der Waals surface area contributed by atoms with Gasteiger partial charge < -0.3 is 15.2 Å². The van der Waals surface area contributed by atoms with E-state index in [0.717, 1.165) is 17.5 Å². The summed E-state index contributed by atoms with van der Waals surface area (Å²) in [7, 11) is 0. The Balaban J connectivity index is 2.02. The van der Waals surface area contributed by atoms with Gasteiger partial charge in [0.15, 0.2) is 0 Å². The zero-order valence-corrected chi connectivity index (χ0v) is 11.7. The minimum absolute atomic E-state index is 0.0169. The first-order valence-corrected chi connectivity index (χ1v) is 6.74. The summed E-state index contributed by atoms with van der Waals surface area (Å²) >= 11 is 3.24. The summed E-state index contributed by atoms with van der Waals surface area (Å²) in [5.41, 5.74) is 0.295. The number of hydrogen-bond donors (Lipinski definition) is 2. The highest BCUT2D eigenvalue weighted by Gasteiger charge is 2.24. The average Bonchev–Trinajstić information content (AvgIpc) is 2.81. The predicted octanol–water partition coefficient (Wildman–Crippen LogP) is 2.31. The fourth-order valence-electron chi connectivity index (χ4n) is 2.05. The molecule has 0 aromatic heterocycles. The molecule has 1 aliphatic rings. The largest absolute Gasteiger partial charge is 0.507 e. The number of phenols is 1. The van der Waals surface area contributed by atoms with Crippen molar-refractivity contribution in [3.05, 3.63) is 28.2 Å². The summed E-state index contributed by atoms with van der Waals surface area (Å²) in [6, 6.07) is 4.89. The van der Waals surface area contributed by atoms with Crippen LogP contribution in [-0.2, 0) is 4.74 Å². The van der Waals surface area contributed by atoms with Crippen LogP contribution in [-0.4, -0.2) is 30.3 Å². The molecule has 1 heterocycles. The summed E-state index contributed by atoms with van der Waals surface area (Å²) in [4.78, 5) is 12.0. The smallest absolute Gasteiger partial charge is 0.255 e. The summed E-state index contributed by atoms with van der Waals surface area (Å²) in [6.07, 6.45) is 0.966. The van der Waals surface area contributed by atoms with Crippen molar-refractivity contribution in [3.63, 3.8) is 0 Å². The van der Waals surface area contributed by atoms with E-state index >= 15 is 0 Å². The van der Waals surface area contributed by atoms with E-state index in [1.165, 1.54) is 6.07 Å². The van der Waals surface area contributed by atoms with Crippen LogP contribution in [0, 0.1) is 5.92 Å². The number of hydrogen-bond acceptors (Lipinski definition) is 3. The molecule has 0 saturated carbocycles.